The van der Waals surface area contributed by atoms with E-state index in [1.807, 2.05) is 0 Å². The van der Waals surface area contributed by atoms with Crippen LogP contribution in [0.3, 0.4) is 0 Å². The summed E-state index contributed by atoms with van der Waals surface area (Å²) in [6.45, 7) is 4.33. The highest BCUT2D eigenvalue weighted by Gasteiger charge is 2.39. The predicted molar refractivity (Wildman–Crippen MR) is 103 cm³/mol. The first-order chi connectivity index (χ1) is 13.5. The van der Waals surface area contributed by atoms with E-state index in [1.54, 1.807) is 19.9 Å². The van der Waals surface area contributed by atoms with Gasteiger partial charge in [-0.2, -0.15) is 0 Å². The number of nitrogens with one attached hydrogen (secondary N) is 1. The zero-order valence-corrected chi connectivity index (χ0v) is 16.8. The summed E-state index contributed by atoms with van der Waals surface area (Å²) in [5, 5.41) is 3.42. The van der Waals surface area contributed by atoms with Crippen molar-refractivity contribution in [1.82, 2.24) is 5.32 Å². The highest BCUT2D eigenvalue weighted by molar-refractivity contribution is 6.31. The van der Waals surface area contributed by atoms with E-state index in [2.05, 4.69) is 17.4 Å². The van der Waals surface area contributed by atoms with Gasteiger partial charge in [-0.05, 0) is 25.5 Å². The Balaban J connectivity index is 2.67. The smallest absolute Gasteiger partial charge is 0.336 e. The molecule has 1 aliphatic rings. The lowest BCUT2D eigenvalue weighted by Gasteiger charge is -2.31. The largest absolute Gasteiger partial charge is 0.466 e. The molecule has 0 aliphatic carbocycles. The summed E-state index contributed by atoms with van der Waals surface area (Å²) in [5.41, 5.74) is 7.49. The average molecular weight is 407 g/mol. The predicted octanol–water partition coefficient (Wildman–Crippen LogP) is 1.87. The minimum absolute atomic E-state index is 0.0912. The SMILES string of the molecule is CCOC(=O)C1=C(COCCN)NC(C)=C(C(=O)OC)C1c1cc#ccc1Cl. The van der Waals surface area contributed by atoms with Crippen molar-refractivity contribution in [3.05, 3.63) is 57.4 Å². The molecule has 0 spiro atoms. The Hall–Kier alpha value is -2.53. The third-order valence-corrected chi connectivity index (χ3v) is 4.48. The first kappa shape index (κ1) is 21.8. The second-order valence-electron chi connectivity index (χ2n) is 5.92. The summed E-state index contributed by atoms with van der Waals surface area (Å²) >= 11 is 6.37. The van der Waals surface area contributed by atoms with E-state index in [0.717, 1.165) is 0 Å². The third kappa shape index (κ3) is 4.65. The van der Waals surface area contributed by atoms with Crippen LogP contribution < -0.4 is 11.1 Å². The molecule has 0 radical (unpaired) electrons. The molecule has 0 bridgehead atoms. The minimum atomic E-state index is -0.803. The number of hydrogen-bond acceptors (Lipinski definition) is 7. The van der Waals surface area contributed by atoms with Gasteiger partial charge in [0.1, 0.15) is 0 Å². The van der Waals surface area contributed by atoms with E-state index in [9.17, 15) is 9.59 Å². The Morgan fingerprint density at radius 3 is 2.57 bits per heavy atom. The van der Waals surface area contributed by atoms with Gasteiger partial charge in [0, 0.05) is 18.3 Å². The fourth-order valence-electron chi connectivity index (χ4n) is 3.01. The fourth-order valence-corrected chi connectivity index (χ4v) is 3.23. The molecule has 1 aromatic carbocycles. The van der Waals surface area contributed by atoms with Crippen LogP contribution in [0.5, 0.6) is 0 Å². The molecule has 3 N–H and O–H groups in total. The lowest BCUT2D eigenvalue weighted by Crippen LogP contribution is -2.35. The Labute approximate surface area is 169 Å². The molecule has 0 fully saturated rings. The van der Waals surface area contributed by atoms with Gasteiger partial charge >= 0.3 is 11.9 Å². The minimum Gasteiger partial charge on any atom is -0.466 e. The van der Waals surface area contributed by atoms with Crippen LogP contribution in [0.15, 0.2) is 34.7 Å². The summed E-state index contributed by atoms with van der Waals surface area (Å²) in [6, 6.07) is 8.69. The van der Waals surface area contributed by atoms with Gasteiger partial charge in [-0.15, -0.1) is 0 Å². The topological polar surface area (TPSA) is 99.9 Å². The van der Waals surface area contributed by atoms with Gasteiger partial charge < -0.3 is 25.3 Å². The summed E-state index contributed by atoms with van der Waals surface area (Å²) in [4.78, 5) is 25.4. The molecular formula is C20H23ClN2O5. The zero-order valence-electron chi connectivity index (χ0n) is 16.1. The number of hydrogen-bond donors (Lipinski definition) is 2. The molecule has 28 heavy (non-hydrogen) atoms. The maximum absolute atomic E-state index is 12.9. The maximum atomic E-state index is 12.9. The number of carbonyl (C=O) groups excluding carboxylic acids is 2. The molecule has 0 amide bonds. The highest BCUT2D eigenvalue weighted by atomic mass is 35.5. The molecule has 7 nitrogen and oxygen atoms in total. The molecule has 150 valence electrons. The van der Waals surface area contributed by atoms with Gasteiger partial charge in [-0.3, -0.25) is 0 Å². The fraction of sp³-hybridized carbons (Fsp3) is 0.400. The number of rotatable bonds is 8. The zero-order chi connectivity index (χ0) is 20.7. The van der Waals surface area contributed by atoms with Crippen molar-refractivity contribution < 1.29 is 23.8 Å². The number of carbonyl (C=O) groups is 2. The Kier molecular flexibility index (Phi) is 7.88. The molecule has 1 aromatic rings. The Morgan fingerprint density at radius 1 is 1.25 bits per heavy atom. The number of esters is 2. The molecule has 8 heteroatoms. The van der Waals surface area contributed by atoms with Gasteiger partial charge in [-0.1, -0.05) is 23.7 Å². The Bertz CT molecular complexity index is 804. The standard InChI is InChI=1S/C20H23ClN2O5/c1-4-28-20(25)18-15(11-27-10-9-22)23-12(2)16(19(24)26-3)17(18)13-7-5-6-8-14(13)21/h7-8,17,23H,4,9-11,22H2,1-3H3. The van der Waals surface area contributed by atoms with Crippen molar-refractivity contribution in [3.63, 3.8) is 0 Å². The van der Waals surface area contributed by atoms with Crippen LogP contribution in [0, 0.1) is 12.1 Å². The van der Waals surface area contributed by atoms with E-state index in [1.165, 1.54) is 13.2 Å². The lowest BCUT2D eigenvalue weighted by atomic mass is 9.80. The molecule has 1 atom stereocenters. The van der Waals surface area contributed by atoms with Gasteiger partial charge in [0.25, 0.3) is 0 Å². The second kappa shape index (κ2) is 10.1. The number of dihydropyridines is 1. The van der Waals surface area contributed by atoms with E-state index < -0.39 is 17.9 Å². The number of methoxy groups -OCH3 is 1. The van der Waals surface area contributed by atoms with Crippen LogP contribution in [-0.4, -0.2) is 45.4 Å². The quantitative estimate of drug-likeness (QED) is 0.502. The molecular weight excluding hydrogens is 384 g/mol. The third-order valence-electron chi connectivity index (χ3n) is 4.15. The highest BCUT2D eigenvalue weighted by Crippen LogP contribution is 2.41. The summed E-state index contributed by atoms with van der Waals surface area (Å²) in [6.07, 6.45) is 0. The van der Waals surface area contributed by atoms with E-state index in [-0.39, 0.29) is 24.4 Å². The van der Waals surface area contributed by atoms with Crippen LogP contribution in [-0.2, 0) is 23.8 Å². The first-order valence-corrected chi connectivity index (χ1v) is 9.15. The van der Waals surface area contributed by atoms with Crippen LogP contribution in [0.2, 0.25) is 5.02 Å². The summed E-state index contributed by atoms with van der Waals surface area (Å²) in [5.74, 6) is -1.96. The lowest BCUT2D eigenvalue weighted by molar-refractivity contribution is -0.139. The molecule has 0 saturated heterocycles. The molecule has 2 rings (SSSR count). The monoisotopic (exact) mass is 406 g/mol. The van der Waals surface area contributed by atoms with Gasteiger partial charge in [0.15, 0.2) is 0 Å². The normalized spacial score (nSPS) is 16.4. The number of nitrogens with two attached hydrogens (primary N) is 1. The van der Waals surface area contributed by atoms with Crippen molar-refractivity contribution in [3.8, 4) is 0 Å². The number of allylic oxidation sites excluding steroid dienone is 1. The molecule has 1 unspecified atom stereocenters. The maximum Gasteiger partial charge on any atom is 0.336 e. The summed E-state index contributed by atoms with van der Waals surface area (Å²) < 4.78 is 15.7. The second-order valence-corrected chi connectivity index (χ2v) is 6.33. The van der Waals surface area contributed by atoms with Crippen LogP contribution in [0.4, 0.5) is 0 Å². The van der Waals surface area contributed by atoms with E-state index >= 15 is 0 Å². The van der Waals surface area contributed by atoms with Crippen molar-refractivity contribution >= 4 is 23.5 Å². The van der Waals surface area contributed by atoms with Crippen LogP contribution in [0.25, 0.3) is 0 Å². The Morgan fingerprint density at radius 2 is 1.96 bits per heavy atom. The van der Waals surface area contributed by atoms with Crippen molar-refractivity contribution in [1.29, 1.82) is 0 Å². The van der Waals surface area contributed by atoms with Gasteiger partial charge in [0.2, 0.25) is 0 Å². The van der Waals surface area contributed by atoms with E-state index in [4.69, 9.17) is 31.5 Å². The molecule has 1 aliphatic heterocycles. The average Bonchev–Trinajstić information content (AvgIpc) is 2.67. The van der Waals surface area contributed by atoms with Crippen LogP contribution in [0.1, 0.15) is 25.3 Å². The number of ether oxygens (including phenoxy) is 3. The van der Waals surface area contributed by atoms with E-state index in [0.29, 0.717) is 35.1 Å². The van der Waals surface area contributed by atoms with Crippen LogP contribution >= 0.6 is 11.6 Å². The first-order valence-electron chi connectivity index (χ1n) is 8.77. The molecule has 0 saturated carbocycles. The molecule has 1 heterocycles. The summed E-state index contributed by atoms with van der Waals surface area (Å²) in [7, 11) is 1.28. The van der Waals surface area contributed by atoms with Gasteiger partial charge in [0.05, 0.1) is 54.7 Å². The molecule has 0 aromatic heterocycles. The van der Waals surface area contributed by atoms with Gasteiger partial charge in [-0.25, -0.2) is 9.59 Å². The van der Waals surface area contributed by atoms with Crippen molar-refractivity contribution in [2.45, 2.75) is 19.8 Å². The van der Waals surface area contributed by atoms with Crippen molar-refractivity contribution in [2.24, 2.45) is 5.73 Å². The van der Waals surface area contributed by atoms with Crippen molar-refractivity contribution in [2.75, 3.05) is 33.5 Å². The number of halogens is 1.